The van der Waals surface area contributed by atoms with Gasteiger partial charge in [-0.1, -0.05) is 13.8 Å². The average molecular weight is 419 g/mol. The largest absolute Gasteiger partial charge is 0.478 e. The predicted octanol–water partition coefficient (Wildman–Crippen LogP) is 4.31. The van der Waals surface area contributed by atoms with Crippen LogP contribution in [0.25, 0.3) is 22.2 Å². The van der Waals surface area contributed by atoms with Crippen LogP contribution < -0.4 is 0 Å². The van der Waals surface area contributed by atoms with Crippen molar-refractivity contribution in [2.75, 3.05) is 13.1 Å². The number of benzene rings is 1. The van der Waals surface area contributed by atoms with Crippen molar-refractivity contribution in [3.05, 3.63) is 45.6 Å². The van der Waals surface area contributed by atoms with Crippen molar-refractivity contribution in [3.8, 4) is 11.3 Å². The Kier molecular flexibility index (Phi) is 5.56. The van der Waals surface area contributed by atoms with Gasteiger partial charge in [-0.25, -0.2) is 18.2 Å². The Morgan fingerprint density at radius 2 is 1.82 bits per heavy atom. The molecule has 2 aromatic heterocycles. The summed E-state index contributed by atoms with van der Waals surface area (Å²) in [6.45, 7) is 8.19. The summed E-state index contributed by atoms with van der Waals surface area (Å²) in [4.78, 5) is 18.8. The highest BCUT2D eigenvalue weighted by molar-refractivity contribution is 7.89. The molecule has 0 bridgehead atoms. The number of carboxylic acids is 1. The van der Waals surface area contributed by atoms with Crippen LogP contribution in [-0.4, -0.2) is 41.9 Å². The molecule has 28 heavy (non-hydrogen) atoms. The number of aromatic carboxylic acids is 1. The molecule has 3 aromatic rings. The third-order valence-corrected chi connectivity index (χ3v) is 7.68. The summed E-state index contributed by atoms with van der Waals surface area (Å²) in [5, 5.41) is 10.1. The molecule has 3 rings (SSSR count). The summed E-state index contributed by atoms with van der Waals surface area (Å²) in [6.07, 6.45) is 0. The Morgan fingerprint density at radius 3 is 2.36 bits per heavy atom. The molecule has 6 nitrogen and oxygen atoms in total. The summed E-state index contributed by atoms with van der Waals surface area (Å²) in [5.74, 6) is -1.12. The quantitative estimate of drug-likeness (QED) is 0.644. The van der Waals surface area contributed by atoms with Crippen molar-refractivity contribution in [3.63, 3.8) is 0 Å². The lowest BCUT2D eigenvalue weighted by molar-refractivity contribution is 0.0699. The van der Waals surface area contributed by atoms with Crippen molar-refractivity contribution in [2.24, 2.45) is 0 Å². The molecule has 0 unspecified atom stereocenters. The van der Waals surface area contributed by atoms with Crippen LogP contribution in [0.2, 0.25) is 0 Å². The zero-order chi connectivity index (χ0) is 20.6. The minimum absolute atomic E-state index is 0.0415. The normalized spacial score (nSPS) is 12.0. The first-order chi connectivity index (χ1) is 13.2. The lowest BCUT2D eigenvalue weighted by Gasteiger charge is -2.19. The fourth-order valence-electron chi connectivity index (χ4n) is 3.28. The van der Waals surface area contributed by atoms with Crippen LogP contribution in [-0.2, 0) is 10.0 Å². The van der Waals surface area contributed by atoms with Crippen LogP contribution in [0.15, 0.2) is 35.2 Å². The number of thiophene rings is 1. The fraction of sp³-hybridized carbons (Fsp3) is 0.300. The van der Waals surface area contributed by atoms with E-state index < -0.39 is 16.0 Å². The summed E-state index contributed by atoms with van der Waals surface area (Å²) in [7, 11) is -3.69. The van der Waals surface area contributed by atoms with E-state index in [-0.39, 0.29) is 10.5 Å². The Bertz CT molecular complexity index is 1160. The standard InChI is InChI=1S/C20H22N2O4S2/c1-5-22(6-2)28(25,26)14-7-8-18-16(10-14)17(20(23)24)11-19(21-18)15-9-12(3)27-13(15)4/h7-11H,5-6H2,1-4H3,(H,23,24). The van der Waals surface area contributed by atoms with Crippen LogP contribution in [0, 0.1) is 13.8 Å². The third-order valence-electron chi connectivity index (χ3n) is 4.67. The molecule has 0 aliphatic carbocycles. The summed E-state index contributed by atoms with van der Waals surface area (Å²) in [6, 6.07) is 7.99. The highest BCUT2D eigenvalue weighted by Crippen LogP contribution is 2.33. The van der Waals surface area contributed by atoms with Gasteiger partial charge in [0.25, 0.3) is 0 Å². The van der Waals surface area contributed by atoms with E-state index >= 15 is 0 Å². The molecule has 0 radical (unpaired) electrons. The first-order valence-corrected chi connectivity index (χ1v) is 11.2. The highest BCUT2D eigenvalue weighted by Gasteiger charge is 2.23. The molecule has 0 aliphatic heterocycles. The zero-order valence-electron chi connectivity index (χ0n) is 16.2. The van der Waals surface area contributed by atoms with Gasteiger partial charge in [0.05, 0.1) is 21.7 Å². The monoisotopic (exact) mass is 418 g/mol. The first kappa shape index (κ1) is 20.4. The molecule has 0 amide bonds. The number of rotatable bonds is 6. The Labute approximate surface area is 168 Å². The van der Waals surface area contributed by atoms with Gasteiger partial charge in [-0.3, -0.25) is 0 Å². The summed E-state index contributed by atoms with van der Waals surface area (Å²) >= 11 is 1.63. The topological polar surface area (TPSA) is 87.6 Å². The first-order valence-electron chi connectivity index (χ1n) is 8.94. The highest BCUT2D eigenvalue weighted by atomic mass is 32.2. The maximum absolute atomic E-state index is 12.8. The van der Waals surface area contributed by atoms with Gasteiger partial charge in [-0.05, 0) is 44.2 Å². The van der Waals surface area contributed by atoms with E-state index in [2.05, 4.69) is 4.98 Å². The van der Waals surface area contributed by atoms with Crippen LogP contribution >= 0.6 is 11.3 Å². The van der Waals surface area contributed by atoms with E-state index in [1.807, 2.05) is 19.9 Å². The smallest absolute Gasteiger partial charge is 0.336 e. The van der Waals surface area contributed by atoms with Crippen LogP contribution in [0.1, 0.15) is 34.0 Å². The van der Waals surface area contributed by atoms with Gasteiger partial charge in [0.2, 0.25) is 10.0 Å². The molecule has 148 valence electrons. The molecule has 0 saturated carbocycles. The average Bonchev–Trinajstić information content (AvgIpc) is 2.99. The van der Waals surface area contributed by atoms with Gasteiger partial charge >= 0.3 is 5.97 Å². The SMILES string of the molecule is CCN(CC)S(=O)(=O)c1ccc2nc(-c3cc(C)sc3C)cc(C(=O)O)c2c1. The van der Waals surface area contributed by atoms with E-state index in [1.54, 1.807) is 31.3 Å². The zero-order valence-corrected chi connectivity index (χ0v) is 17.8. The molecule has 1 N–H and O–H groups in total. The molecule has 0 fully saturated rings. The maximum Gasteiger partial charge on any atom is 0.336 e. The predicted molar refractivity (Wildman–Crippen MR) is 112 cm³/mol. The fourth-order valence-corrected chi connectivity index (χ4v) is 5.70. The van der Waals surface area contributed by atoms with Gasteiger partial charge in [0, 0.05) is 33.8 Å². The van der Waals surface area contributed by atoms with E-state index in [4.69, 9.17) is 0 Å². The van der Waals surface area contributed by atoms with Crippen molar-refractivity contribution >= 4 is 38.2 Å². The van der Waals surface area contributed by atoms with Gasteiger partial charge in [0.1, 0.15) is 0 Å². The maximum atomic E-state index is 12.8. The van der Waals surface area contributed by atoms with Gasteiger partial charge in [-0.15, -0.1) is 11.3 Å². The van der Waals surface area contributed by atoms with E-state index in [0.717, 1.165) is 15.3 Å². The molecule has 1 aromatic carbocycles. The second-order valence-electron chi connectivity index (χ2n) is 6.46. The van der Waals surface area contributed by atoms with E-state index in [0.29, 0.717) is 29.7 Å². The number of nitrogens with zero attached hydrogens (tertiary/aromatic N) is 2. The van der Waals surface area contributed by atoms with E-state index in [1.165, 1.54) is 22.5 Å². The van der Waals surface area contributed by atoms with Crippen molar-refractivity contribution in [1.29, 1.82) is 0 Å². The lowest BCUT2D eigenvalue weighted by atomic mass is 10.0. The molecule has 0 saturated heterocycles. The molecule has 0 atom stereocenters. The number of carboxylic acid groups (broad SMARTS) is 1. The van der Waals surface area contributed by atoms with Crippen LogP contribution in [0.5, 0.6) is 0 Å². The number of sulfonamides is 1. The summed E-state index contributed by atoms with van der Waals surface area (Å²) in [5.41, 5.74) is 1.97. The number of hydrogen-bond donors (Lipinski definition) is 1. The van der Waals surface area contributed by atoms with Gasteiger partial charge in [0.15, 0.2) is 0 Å². The Morgan fingerprint density at radius 1 is 1.14 bits per heavy atom. The number of hydrogen-bond acceptors (Lipinski definition) is 5. The van der Waals surface area contributed by atoms with Crippen LogP contribution in [0.4, 0.5) is 0 Å². The van der Waals surface area contributed by atoms with Gasteiger partial charge < -0.3 is 5.11 Å². The molecular formula is C20H22N2O4S2. The second kappa shape index (κ2) is 7.62. The van der Waals surface area contributed by atoms with Crippen molar-refractivity contribution in [1.82, 2.24) is 9.29 Å². The number of aromatic nitrogens is 1. The summed E-state index contributed by atoms with van der Waals surface area (Å²) < 4.78 is 27.0. The Balaban J connectivity index is 2.25. The number of aryl methyl sites for hydroxylation is 2. The molecule has 0 spiro atoms. The lowest BCUT2D eigenvalue weighted by Crippen LogP contribution is -2.30. The number of fused-ring (bicyclic) bond motifs is 1. The number of pyridine rings is 1. The van der Waals surface area contributed by atoms with Crippen LogP contribution in [0.3, 0.4) is 0 Å². The molecule has 0 aliphatic rings. The minimum atomic E-state index is -3.69. The molecule has 2 heterocycles. The van der Waals surface area contributed by atoms with E-state index in [9.17, 15) is 18.3 Å². The third kappa shape index (κ3) is 3.55. The Hall–Kier alpha value is -2.29. The number of carbonyl (C=O) groups is 1. The van der Waals surface area contributed by atoms with Crippen molar-refractivity contribution < 1.29 is 18.3 Å². The molecule has 8 heteroatoms. The molecular weight excluding hydrogens is 396 g/mol. The second-order valence-corrected chi connectivity index (χ2v) is 9.85. The van der Waals surface area contributed by atoms with Crippen molar-refractivity contribution in [2.45, 2.75) is 32.6 Å². The minimum Gasteiger partial charge on any atom is -0.478 e. The van der Waals surface area contributed by atoms with Gasteiger partial charge in [-0.2, -0.15) is 4.31 Å².